The topological polar surface area (TPSA) is 103 Å². The summed E-state index contributed by atoms with van der Waals surface area (Å²) < 4.78 is 6.83. The molecule has 0 aliphatic heterocycles. The van der Waals surface area contributed by atoms with Crippen LogP contribution in [0.2, 0.25) is 0 Å². The Kier molecular flexibility index (Phi) is 5.46. The van der Waals surface area contributed by atoms with Crippen molar-refractivity contribution in [1.29, 1.82) is 0 Å². The van der Waals surface area contributed by atoms with Gasteiger partial charge in [-0.1, -0.05) is 0 Å². The molecule has 1 unspecified atom stereocenters. The van der Waals surface area contributed by atoms with Crippen LogP contribution in [0.1, 0.15) is 0 Å². The molecule has 8 nitrogen and oxygen atoms in total. The maximum Gasteiger partial charge on any atom is 0.331 e. The minimum atomic E-state index is -0.574. The van der Waals surface area contributed by atoms with Gasteiger partial charge in [0.25, 0.3) is 5.56 Å². The van der Waals surface area contributed by atoms with Crippen molar-refractivity contribution in [2.24, 2.45) is 7.05 Å². The Bertz CT molecular complexity index is 548. The van der Waals surface area contributed by atoms with Crippen molar-refractivity contribution >= 4 is 5.91 Å². The van der Waals surface area contributed by atoms with Gasteiger partial charge in [-0.25, -0.2) is 4.79 Å². The lowest BCUT2D eigenvalue weighted by Crippen LogP contribution is -2.45. The van der Waals surface area contributed by atoms with Crippen LogP contribution in [0.5, 0.6) is 0 Å². The molecule has 106 valence electrons. The van der Waals surface area contributed by atoms with Gasteiger partial charge >= 0.3 is 5.69 Å². The number of amides is 1. The Morgan fingerprint density at radius 1 is 1.53 bits per heavy atom. The van der Waals surface area contributed by atoms with Crippen molar-refractivity contribution in [1.82, 2.24) is 14.5 Å². The number of nitrogens with zero attached hydrogens (tertiary/aromatic N) is 2. The number of aromatic nitrogens is 2. The molecule has 2 N–H and O–H groups in total. The van der Waals surface area contributed by atoms with E-state index in [0.717, 1.165) is 9.13 Å². The molecule has 1 aromatic rings. The third-order valence-corrected chi connectivity index (χ3v) is 2.53. The fraction of sp³-hybridized carbons (Fsp3) is 0.545. The van der Waals surface area contributed by atoms with Gasteiger partial charge < -0.3 is 15.2 Å². The minimum Gasteiger partial charge on any atom is -0.394 e. The van der Waals surface area contributed by atoms with E-state index in [2.05, 4.69) is 5.32 Å². The molecular weight excluding hydrogens is 254 g/mol. The Hall–Kier alpha value is -1.93. The third kappa shape index (κ3) is 4.04. The first kappa shape index (κ1) is 15.1. The van der Waals surface area contributed by atoms with Gasteiger partial charge in [-0.2, -0.15) is 0 Å². The number of hydrogen-bond donors (Lipinski definition) is 2. The van der Waals surface area contributed by atoms with E-state index >= 15 is 0 Å². The first-order valence-electron chi connectivity index (χ1n) is 5.65. The molecule has 0 aliphatic rings. The van der Waals surface area contributed by atoms with Crippen molar-refractivity contribution in [2.75, 3.05) is 20.3 Å². The average molecular weight is 271 g/mol. The van der Waals surface area contributed by atoms with Crippen molar-refractivity contribution in [3.8, 4) is 0 Å². The number of ether oxygens (including phenoxy) is 1. The fourth-order valence-corrected chi connectivity index (χ4v) is 1.51. The van der Waals surface area contributed by atoms with E-state index in [4.69, 9.17) is 9.84 Å². The van der Waals surface area contributed by atoms with Gasteiger partial charge in [0, 0.05) is 26.4 Å². The Labute approximate surface area is 109 Å². The molecule has 1 aromatic heterocycles. The molecule has 0 bridgehead atoms. The molecule has 0 aromatic carbocycles. The Morgan fingerprint density at radius 3 is 2.79 bits per heavy atom. The number of nitrogens with one attached hydrogen (secondary N) is 1. The lowest BCUT2D eigenvalue weighted by Gasteiger charge is -2.15. The van der Waals surface area contributed by atoms with Crippen LogP contribution in [0.4, 0.5) is 0 Å². The van der Waals surface area contributed by atoms with Gasteiger partial charge in [0.05, 0.1) is 19.3 Å². The molecule has 1 amide bonds. The van der Waals surface area contributed by atoms with Crippen LogP contribution in [0.25, 0.3) is 0 Å². The average Bonchev–Trinajstić information content (AvgIpc) is 2.39. The zero-order valence-corrected chi connectivity index (χ0v) is 10.8. The highest BCUT2D eigenvalue weighted by atomic mass is 16.5. The quantitative estimate of drug-likeness (QED) is 0.604. The van der Waals surface area contributed by atoms with E-state index in [-0.39, 0.29) is 19.8 Å². The molecule has 1 rings (SSSR count). The highest BCUT2D eigenvalue weighted by Crippen LogP contribution is 1.86. The van der Waals surface area contributed by atoms with E-state index in [1.165, 1.54) is 26.4 Å². The normalized spacial score (nSPS) is 12.2. The van der Waals surface area contributed by atoms with Crippen LogP contribution in [-0.4, -0.2) is 46.5 Å². The summed E-state index contributed by atoms with van der Waals surface area (Å²) in [6.45, 7) is -0.320. The van der Waals surface area contributed by atoms with Gasteiger partial charge in [0.1, 0.15) is 6.54 Å². The van der Waals surface area contributed by atoms with Crippen molar-refractivity contribution in [2.45, 2.75) is 12.6 Å². The second-order valence-electron chi connectivity index (χ2n) is 4.03. The van der Waals surface area contributed by atoms with Gasteiger partial charge in [-0.15, -0.1) is 0 Å². The van der Waals surface area contributed by atoms with Crippen molar-refractivity contribution < 1.29 is 14.6 Å². The summed E-state index contributed by atoms with van der Waals surface area (Å²) in [7, 11) is 2.78. The zero-order chi connectivity index (χ0) is 14.4. The van der Waals surface area contributed by atoms with Crippen molar-refractivity contribution in [3.05, 3.63) is 33.1 Å². The molecule has 1 heterocycles. The van der Waals surface area contributed by atoms with Crippen LogP contribution in [-0.2, 0) is 23.1 Å². The van der Waals surface area contributed by atoms with Crippen LogP contribution >= 0.6 is 0 Å². The zero-order valence-electron chi connectivity index (χ0n) is 10.8. The molecule has 19 heavy (non-hydrogen) atoms. The maximum absolute atomic E-state index is 11.7. The molecular formula is C11H17N3O5. The number of carbonyl (C=O) groups excluding carboxylic acids is 1. The number of rotatable bonds is 6. The van der Waals surface area contributed by atoms with E-state index in [1.54, 1.807) is 0 Å². The smallest absolute Gasteiger partial charge is 0.331 e. The molecule has 0 saturated heterocycles. The number of aliphatic hydroxyl groups excluding tert-OH is 1. The first-order chi connectivity index (χ1) is 8.99. The van der Waals surface area contributed by atoms with E-state index < -0.39 is 23.2 Å². The van der Waals surface area contributed by atoms with E-state index in [1.807, 2.05) is 0 Å². The van der Waals surface area contributed by atoms with Crippen LogP contribution in [0.3, 0.4) is 0 Å². The third-order valence-electron chi connectivity index (χ3n) is 2.53. The number of hydrogen-bond acceptors (Lipinski definition) is 5. The fourth-order valence-electron chi connectivity index (χ4n) is 1.51. The summed E-state index contributed by atoms with van der Waals surface area (Å²) in [4.78, 5) is 34.5. The Morgan fingerprint density at radius 2 is 2.21 bits per heavy atom. The highest BCUT2D eigenvalue weighted by molar-refractivity contribution is 5.76. The minimum absolute atomic E-state index is 0.171. The lowest BCUT2D eigenvalue weighted by atomic mass is 10.3. The molecule has 0 saturated carbocycles. The monoisotopic (exact) mass is 271 g/mol. The lowest BCUT2D eigenvalue weighted by molar-refractivity contribution is -0.123. The maximum atomic E-state index is 11.7. The number of aliphatic hydroxyl groups is 1. The van der Waals surface area contributed by atoms with Crippen LogP contribution in [0.15, 0.2) is 21.9 Å². The Balaban J connectivity index is 2.75. The summed E-state index contributed by atoms with van der Waals surface area (Å²) in [6, 6.07) is 0.675. The van der Waals surface area contributed by atoms with Gasteiger partial charge in [-0.05, 0) is 0 Å². The predicted octanol–water partition coefficient (Wildman–Crippen LogP) is -2.33. The van der Waals surface area contributed by atoms with Crippen LogP contribution in [0, 0.1) is 0 Å². The number of carbonyl (C=O) groups is 1. The molecule has 0 spiro atoms. The summed E-state index contributed by atoms with van der Waals surface area (Å²) in [6.07, 6.45) is 1.26. The molecule has 0 aliphatic carbocycles. The van der Waals surface area contributed by atoms with Crippen LogP contribution < -0.4 is 16.6 Å². The second kappa shape index (κ2) is 6.86. The van der Waals surface area contributed by atoms with Crippen molar-refractivity contribution in [3.63, 3.8) is 0 Å². The SMILES string of the molecule is COCC(CO)NC(=O)Cn1ccc(=O)n(C)c1=O. The summed E-state index contributed by atoms with van der Waals surface area (Å²) >= 11 is 0. The molecule has 0 radical (unpaired) electrons. The molecule has 0 fully saturated rings. The standard InChI is InChI=1S/C11H17N3O5/c1-13-10(17)3-4-14(11(13)18)5-9(16)12-8(6-15)7-19-2/h3-4,8,15H,5-7H2,1-2H3,(H,12,16). The molecule has 1 atom stereocenters. The summed E-state index contributed by atoms with van der Waals surface area (Å²) in [5.41, 5.74) is -1.01. The highest BCUT2D eigenvalue weighted by Gasteiger charge is 2.12. The summed E-state index contributed by atoms with van der Waals surface area (Å²) in [5.74, 6) is -0.447. The largest absolute Gasteiger partial charge is 0.394 e. The van der Waals surface area contributed by atoms with E-state index in [0.29, 0.717) is 0 Å². The first-order valence-corrected chi connectivity index (χ1v) is 5.65. The van der Waals surface area contributed by atoms with E-state index in [9.17, 15) is 14.4 Å². The van der Waals surface area contributed by atoms with Gasteiger partial charge in [0.15, 0.2) is 0 Å². The number of methoxy groups -OCH3 is 1. The summed E-state index contributed by atoms with van der Waals surface area (Å²) in [5, 5.41) is 11.5. The molecule has 8 heteroatoms. The van der Waals surface area contributed by atoms with Gasteiger partial charge in [0.2, 0.25) is 5.91 Å². The van der Waals surface area contributed by atoms with Gasteiger partial charge in [-0.3, -0.25) is 18.7 Å². The second-order valence-corrected chi connectivity index (χ2v) is 4.03. The predicted molar refractivity (Wildman–Crippen MR) is 66.8 cm³/mol.